The summed E-state index contributed by atoms with van der Waals surface area (Å²) in [7, 11) is -4.31. The Labute approximate surface area is 60.1 Å². The van der Waals surface area contributed by atoms with E-state index in [4.69, 9.17) is 10.3 Å². The molecule has 0 bridgehead atoms. The van der Waals surface area contributed by atoms with Crippen molar-refractivity contribution in [3.63, 3.8) is 0 Å². The van der Waals surface area contributed by atoms with Crippen LogP contribution in [-0.4, -0.2) is 25.6 Å². The van der Waals surface area contributed by atoms with Crippen molar-refractivity contribution < 1.29 is 17.2 Å². The van der Waals surface area contributed by atoms with Crippen LogP contribution in [0, 0.1) is 0 Å². The highest BCUT2D eigenvalue weighted by Crippen LogP contribution is 1.91. The van der Waals surface area contributed by atoms with Crippen LogP contribution < -0.4 is 5.73 Å². The molecule has 1 unspecified atom stereocenters. The molecule has 6 heteroatoms. The number of hydrogen-bond donors (Lipinski definition) is 2. The lowest BCUT2D eigenvalue weighted by atomic mass is 10.3. The SMILES string of the molecule is CCC(N)COS(=O)(=O)O. The van der Waals surface area contributed by atoms with Gasteiger partial charge in [-0.05, 0) is 6.42 Å². The second kappa shape index (κ2) is 3.87. The average Bonchev–Trinajstić information content (AvgIpc) is 1.81. The molecule has 3 N–H and O–H groups in total. The van der Waals surface area contributed by atoms with E-state index in [2.05, 4.69) is 4.18 Å². The molecule has 0 aromatic rings. The van der Waals surface area contributed by atoms with Crippen molar-refractivity contribution >= 4 is 10.4 Å². The summed E-state index contributed by atoms with van der Waals surface area (Å²) < 4.78 is 31.9. The molecule has 0 amide bonds. The summed E-state index contributed by atoms with van der Waals surface area (Å²) in [6, 6.07) is -0.345. The first-order valence-corrected chi connectivity index (χ1v) is 4.19. The summed E-state index contributed by atoms with van der Waals surface area (Å²) in [6.45, 7) is 1.62. The molecule has 0 saturated heterocycles. The molecule has 0 aromatic heterocycles. The Morgan fingerprint density at radius 3 is 2.50 bits per heavy atom. The van der Waals surface area contributed by atoms with E-state index in [0.29, 0.717) is 6.42 Å². The molecule has 0 aliphatic carbocycles. The van der Waals surface area contributed by atoms with Crippen LogP contribution in [0.15, 0.2) is 0 Å². The first-order valence-electron chi connectivity index (χ1n) is 2.83. The molecule has 5 nitrogen and oxygen atoms in total. The number of nitrogens with two attached hydrogens (primary N) is 1. The quantitative estimate of drug-likeness (QED) is 0.556. The third-order valence-corrected chi connectivity index (χ3v) is 1.39. The van der Waals surface area contributed by atoms with Crippen LogP contribution in [0.5, 0.6) is 0 Å². The van der Waals surface area contributed by atoms with E-state index in [1.807, 2.05) is 0 Å². The summed E-state index contributed by atoms with van der Waals surface area (Å²) in [6.07, 6.45) is 0.607. The Morgan fingerprint density at radius 2 is 2.20 bits per heavy atom. The Hall–Kier alpha value is -0.170. The Bertz CT molecular complexity index is 176. The standard InChI is InChI=1S/C4H11NO4S/c1-2-4(5)3-9-10(6,7)8/h4H,2-3,5H2,1H3,(H,6,7,8). The second-order valence-corrected chi connectivity index (χ2v) is 2.97. The first-order chi connectivity index (χ1) is 4.45. The largest absolute Gasteiger partial charge is 0.397 e. The van der Waals surface area contributed by atoms with E-state index >= 15 is 0 Å². The molecule has 0 radical (unpaired) electrons. The monoisotopic (exact) mass is 169 g/mol. The van der Waals surface area contributed by atoms with Crippen LogP contribution in [0.3, 0.4) is 0 Å². The minimum absolute atomic E-state index is 0.171. The molecule has 0 aromatic carbocycles. The molecule has 0 rings (SSSR count). The minimum atomic E-state index is -4.31. The highest BCUT2D eigenvalue weighted by Gasteiger charge is 2.06. The van der Waals surface area contributed by atoms with Gasteiger partial charge in [0.15, 0.2) is 0 Å². The predicted molar refractivity (Wildman–Crippen MR) is 35.8 cm³/mol. The van der Waals surface area contributed by atoms with Crippen molar-refractivity contribution in [3.05, 3.63) is 0 Å². The Balaban J connectivity index is 3.56. The second-order valence-electron chi connectivity index (χ2n) is 1.88. The van der Waals surface area contributed by atoms with E-state index in [-0.39, 0.29) is 12.6 Å². The minimum Gasteiger partial charge on any atom is -0.326 e. The van der Waals surface area contributed by atoms with Crippen LogP contribution >= 0.6 is 0 Å². The van der Waals surface area contributed by atoms with Gasteiger partial charge in [-0.15, -0.1) is 0 Å². The van der Waals surface area contributed by atoms with Crippen LogP contribution in [0.1, 0.15) is 13.3 Å². The molecular weight excluding hydrogens is 158 g/mol. The summed E-state index contributed by atoms with van der Waals surface area (Å²) in [5.41, 5.74) is 5.28. The van der Waals surface area contributed by atoms with Gasteiger partial charge in [-0.1, -0.05) is 6.92 Å². The lowest BCUT2D eigenvalue weighted by Gasteiger charge is -2.05. The van der Waals surface area contributed by atoms with E-state index in [9.17, 15) is 8.42 Å². The smallest absolute Gasteiger partial charge is 0.326 e. The maximum absolute atomic E-state index is 9.93. The fourth-order valence-corrected chi connectivity index (χ4v) is 0.638. The Morgan fingerprint density at radius 1 is 1.70 bits per heavy atom. The van der Waals surface area contributed by atoms with Crippen molar-refractivity contribution in [2.75, 3.05) is 6.61 Å². The molecule has 0 aliphatic rings. The lowest BCUT2D eigenvalue weighted by molar-refractivity contribution is 0.248. The van der Waals surface area contributed by atoms with Crippen molar-refractivity contribution in [2.24, 2.45) is 5.73 Å². The van der Waals surface area contributed by atoms with Gasteiger partial charge in [0.05, 0.1) is 6.61 Å². The maximum atomic E-state index is 9.93. The molecule has 0 saturated carbocycles. The molecule has 0 spiro atoms. The topological polar surface area (TPSA) is 89.6 Å². The molecule has 1 atom stereocenters. The van der Waals surface area contributed by atoms with E-state index in [1.54, 1.807) is 6.92 Å². The van der Waals surface area contributed by atoms with Gasteiger partial charge in [-0.3, -0.25) is 4.55 Å². The Kier molecular flexibility index (Phi) is 3.80. The van der Waals surface area contributed by atoms with Crippen molar-refractivity contribution in [1.82, 2.24) is 0 Å². The van der Waals surface area contributed by atoms with Crippen molar-refractivity contribution in [3.8, 4) is 0 Å². The first kappa shape index (κ1) is 9.83. The summed E-state index contributed by atoms with van der Waals surface area (Å²) in [5.74, 6) is 0. The van der Waals surface area contributed by atoms with Crippen LogP contribution in [0.4, 0.5) is 0 Å². The van der Waals surface area contributed by atoms with Gasteiger partial charge in [0.2, 0.25) is 0 Å². The number of rotatable bonds is 4. The summed E-state index contributed by atoms with van der Waals surface area (Å²) in [4.78, 5) is 0. The molecule has 0 fully saturated rings. The van der Waals surface area contributed by atoms with Gasteiger partial charge in [0, 0.05) is 6.04 Å². The molecular formula is C4H11NO4S. The van der Waals surface area contributed by atoms with Crippen molar-refractivity contribution in [1.29, 1.82) is 0 Å². The summed E-state index contributed by atoms with van der Waals surface area (Å²) >= 11 is 0. The lowest BCUT2D eigenvalue weighted by Crippen LogP contribution is -2.26. The third kappa shape index (κ3) is 5.96. The maximum Gasteiger partial charge on any atom is 0.397 e. The predicted octanol–water partition coefficient (Wildman–Crippen LogP) is -0.457. The van der Waals surface area contributed by atoms with Gasteiger partial charge < -0.3 is 5.73 Å². The molecule has 62 valence electrons. The zero-order valence-electron chi connectivity index (χ0n) is 5.65. The fraction of sp³-hybridized carbons (Fsp3) is 1.00. The molecule has 0 aliphatic heterocycles. The highest BCUT2D eigenvalue weighted by molar-refractivity contribution is 7.80. The normalized spacial score (nSPS) is 15.1. The fourth-order valence-electron chi connectivity index (χ4n) is 0.291. The zero-order valence-corrected chi connectivity index (χ0v) is 6.47. The summed E-state index contributed by atoms with van der Waals surface area (Å²) in [5, 5.41) is 0. The molecule has 0 heterocycles. The van der Waals surface area contributed by atoms with Gasteiger partial charge >= 0.3 is 10.4 Å². The zero-order chi connectivity index (χ0) is 8.20. The molecule has 10 heavy (non-hydrogen) atoms. The van der Waals surface area contributed by atoms with Crippen molar-refractivity contribution in [2.45, 2.75) is 19.4 Å². The van der Waals surface area contributed by atoms with E-state index in [1.165, 1.54) is 0 Å². The van der Waals surface area contributed by atoms with Crippen LogP contribution in [0.25, 0.3) is 0 Å². The van der Waals surface area contributed by atoms with Gasteiger partial charge in [-0.25, -0.2) is 4.18 Å². The average molecular weight is 169 g/mol. The number of hydrogen-bond acceptors (Lipinski definition) is 4. The highest BCUT2D eigenvalue weighted by atomic mass is 32.3. The third-order valence-electron chi connectivity index (χ3n) is 0.955. The van der Waals surface area contributed by atoms with E-state index in [0.717, 1.165) is 0 Å². The van der Waals surface area contributed by atoms with Gasteiger partial charge in [0.1, 0.15) is 0 Å². The van der Waals surface area contributed by atoms with E-state index < -0.39 is 10.4 Å². The van der Waals surface area contributed by atoms with Gasteiger partial charge in [-0.2, -0.15) is 8.42 Å². The van der Waals surface area contributed by atoms with Crippen LogP contribution in [0.2, 0.25) is 0 Å². The van der Waals surface area contributed by atoms with Gasteiger partial charge in [0.25, 0.3) is 0 Å². The van der Waals surface area contributed by atoms with Crippen LogP contribution in [-0.2, 0) is 14.6 Å².